The number of hydrogen-bond acceptors (Lipinski definition) is 6. The topological polar surface area (TPSA) is 110 Å². The third kappa shape index (κ3) is 6.67. The molecule has 1 aromatic heterocycles. The van der Waals surface area contributed by atoms with Crippen LogP contribution in [0.4, 0.5) is 0 Å². The molecule has 3 rings (SSSR count). The quantitative estimate of drug-likeness (QED) is 0.523. The van der Waals surface area contributed by atoms with Gasteiger partial charge in [-0.3, -0.25) is 4.79 Å². The minimum atomic E-state index is -3.67. The Balaban J connectivity index is 1.64. The minimum absolute atomic E-state index is 0.0376. The molecule has 2 aromatic rings. The summed E-state index contributed by atoms with van der Waals surface area (Å²) in [6, 6.07) is 6.91. The van der Waals surface area contributed by atoms with Gasteiger partial charge in [-0.05, 0) is 57.1 Å². The van der Waals surface area contributed by atoms with Crippen molar-refractivity contribution in [2.24, 2.45) is 11.8 Å². The van der Waals surface area contributed by atoms with E-state index in [2.05, 4.69) is 4.98 Å². The molecule has 1 heterocycles. The van der Waals surface area contributed by atoms with Crippen molar-refractivity contribution in [1.82, 2.24) is 9.29 Å². The molecule has 0 aliphatic heterocycles. The lowest BCUT2D eigenvalue weighted by Crippen LogP contribution is -2.50. The van der Waals surface area contributed by atoms with Gasteiger partial charge in [-0.2, -0.15) is 4.31 Å². The van der Waals surface area contributed by atoms with E-state index in [1.54, 1.807) is 13.8 Å². The van der Waals surface area contributed by atoms with Crippen LogP contribution in [0.2, 0.25) is 0 Å². The lowest BCUT2D eigenvalue weighted by molar-refractivity contribution is -0.143. The van der Waals surface area contributed by atoms with Crippen LogP contribution in [0.1, 0.15) is 56.5 Å². The highest BCUT2D eigenvalue weighted by Crippen LogP contribution is 2.30. The number of aryl methyl sites for hydroxylation is 2. The number of carbonyl (C=O) groups is 1. The summed E-state index contributed by atoms with van der Waals surface area (Å²) in [4.78, 5) is 16.4. The average molecular weight is 493 g/mol. The van der Waals surface area contributed by atoms with Crippen LogP contribution in [-0.4, -0.2) is 53.7 Å². The second kappa shape index (κ2) is 11.0. The van der Waals surface area contributed by atoms with Crippen molar-refractivity contribution in [1.29, 1.82) is 0 Å². The molecular weight excluding hydrogens is 456 g/mol. The minimum Gasteiger partial charge on any atom is -0.480 e. The van der Waals surface area contributed by atoms with Crippen LogP contribution in [0.5, 0.6) is 0 Å². The lowest BCUT2D eigenvalue weighted by Gasteiger charge is -2.35. The highest BCUT2D eigenvalue weighted by Gasteiger charge is 2.37. The van der Waals surface area contributed by atoms with E-state index in [1.807, 2.05) is 38.1 Å². The van der Waals surface area contributed by atoms with E-state index in [9.17, 15) is 18.3 Å². The van der Waals surface area contributed by atoms with Crippen molar-refractivity contribution in [2.45, 2.75) is 72.1 Å². The van der Waals surface area contributed by atoms with Crippen molar-refractivity contribution in [2.75, 3.05) is 12.8 Å². The fourth-order valence-electron chi connectivity index (χ4n) is 4.59. The van der Waals surface area contributed by atoms with E-state index in [4.69, 9.17) is 9.15 Å². The van der Waals surface area contributed by atoms with Crippen LogP contribution in [0.15, 0.2) is 28.7 Å². The second-order valence-corrected chi connectivity index (χ2v) is 11.6. The molecule has 0 amide bonds. The smallest absolute Gasteiger partial charge is 0.322 e. The monoisotopic (exact) mass is 492 g/mol. The van der Waals surface area contributed by atoms with E-state index in [0.29, 0.717) is 24.7 Å². The predicted molar refractivity (Wildman–Crippen MR) is 130 cm³/mol. The molecule has 0 radical (unpaired) electrons. The summed E-state index contributed by atoms with van der Waals surface area (Å²) < 4.78 is 38.0. The van der Waals surface area contributed by atoms with Crippen molar-refractivity contribution in [3.05, 3.63) is 41.3 Å². The number of nitrogens with zero attached hydrogens (tertiary/aromatic N) is 2. The number of ether oxygens (including phenoxy) is 1. The normalized spacial score (nSPS) is 20.1. The number of aliphatic carboxylic acids is 1. The molecule has 9 heteroatoms. The largest absolute Gasteiger partial charge is 0.480 e. The molecule has 0 unspecified atom stereocenters. The summed E-state index contributed by atoms with van der Waals surface area (Å²) in [7, 11) is -3.67. The Kier molecular flexibility index (Phi) is 8.54. The maximum absolute atomic E-state index is 12.4. The third-order valence-electron chi connectivity index (χ3n) is 6.44. The molecule has 1 aliphatic carbocycles. The molecule has 1 aliphatic rings. The number of sulfonamides is 1. The Morgan fingerprint density at radius 3 is 2.50 bits per heavy atom. The Labute approximate surface area is 202 Å². The molecular formula is C25H36N2O6S. The first-order valence-corrected chi connectivity index (χ1v) is 13.6. The molecule has 1 aromatic carbocycles. The molecule has 8 nitrogen and oxygen atoms in total. The highest BCUT2D eigenvalue weighted by molar-refractivity contribution is 7.88. The molecule has 1 saturated carbocycles. The first-order chi connectivity index (χ1) is 16.0. The number of oxazole rings is 1. The summed E-state index contributed by atoms with van der Waals surface area (Å²) in [5.74, 6) is -0.131. The van der Waals surface area contributed by atoms with E-state index in [0.717, 1.165) is 41.1 Å². The third-order valence-corrected chi connectivity index (χ3v) is 7.67. The van der Waals surface area contributed by atoms with Gasteiger partial charge >= 0.3 is 5.97 Å². The van der Waals surface area contributed by atoms with Crippen molar-refractivity contribution in [3.63, 3.8) is 0 Å². The number of aromatic nitrogens is 1. The molecule has 0 bridgehead atoms. The molecule has 0 spiro atoms. The van der Waals surface area contributed by atoms with Gasteiger partial charge in [0.25, 0.3) is 0 Å². The Morgan fingerprint density at radius 1 is 1.24 bits per heavy atom. The first kappa shape index (κ1) is 26.4. The number of carboxylic acid groups (broad SMARTS) is 1. The summed E-state index contributed by atoms with van der Waals surface area (Å²) in [5, 5.41) is 9.65. The lowest BCUT2D eigenvalue weighted by atomic mass is 9.86. The summed E-state index contributed by atoms with van der Waals surface area (Å²) >= 11 is 0. The Hall–Kier alpha value is -2.23. The van der Waals surface area contributed by atoms with Crippen LogP contribution in [0.25, 0.3) is 11.5 Å². The zero-order valence-corrected chi connectivity index (χ0v) is 21.5. The van der Waals surface area contributed by atoms with E-state index >= 15 is 0 Å². The summed E-state index contributed by atoms with van der Waals surface area (Å²) in [6.07, 6.45) is 4.35. The molecule has 34 heavy (non-hydrogen) atoms. The van der Waals surface area contributed by atoms with Crippen LogP contribution in [0.3, 0.4) is 0 Å². The van der Waals surface area contributed by atoms with E-state index in [-0.39, 0.29) is 24.5 Å². The van der Waals surface area contributed by atoms with Gasteiger partial charge in [0.2, 0.25) is 15.9 Å². The van der Waals surface area contributed by atoms with Gasteiger partial charge in [-0.1, -0.05) is 38.0 Å². The first-order valence-electron chi connectivity index (χ1n) is 11.8. The highest BCUT2D eigenvalue weighted by atomic mass is 32.2. The SMILES string of the molecule is Cc1ccc(-c2nc(CO[C@@H]3CCC[C@H](CN([C@H](C(=O)O)C(C)C)S(C)(=O)=O)C3)c(C)o2)cc1. The average Bonchev–Trinajstić information content (AvgIpc) is 3.12. The maximum Gasteiger partial charge on any atom is 0.322 e. The fraction of sp³-hybridized carbons (Fsp3) is 0.600. The van der Waals surface area contributed by atoms with Crippen LogP contribution in [-0.2, 0) is 26.2 Å². The number of benzene rings is 1. The van der Waals surface area contributed by atoms with Crippen LogP contribution >= 0.6 is 0 Å². The summed E-state index contributed by atoms with van der Waals surface area (Å²) in [6.45, 7) is 7.87. The predicted octanol–water partition coefficient (Wildman–Crippen LogP) is 4.40. The Morgan fingerprint density at radius 2 is 1.91 bits per heavy atom. The van der Waals surface area contributed by atoms with Gasteiger partial charge in [0, 0.05) is 12.1 Å². The molecule has 0 saturated heterocycles. The standard InChI is InChI=1S/C25H36N2O6S/c1-16(2)23(25(28)29)27(34(5,30)31)14-19-7-6-8-21(13-19)32-15-22-18(4)33-24(26-22)20-11-9-17(3)10-12-20/h9-12,16,19,21,23H,6-8,13-15H2,1-5H3,(H,28,29)/t19-,21+,23-/m0/s1. The molecule has 188 valence electrons. The zero-order valence-electron chi connectivity index (χ0n) is 20.7. The van der Waals surface area contributed by atoms with E-state index < -0.39 is 22.0 Å². The molecule has 1 fully saturated rings. The van der Waals surface area contributed by atoms with Gasteiger partial charge in [-0.25, -0.2) is 13.4 Å². The number of rotatable bonds is 10. The maximum atomic E-state index is 12.4. The van der Waals surface area contributed by atoms with Crippen molar-refractivity contribution < 1.29 is 27.5 Å². The van der Waals surface area contributed by atoms with Crippen molar-refractivity contribution >= 4 is 16.0 Å². The zero-order chi connectivity index (χ0) is 25.0. The Bertz CT molecular complexity index is 1080. The number of carboxylic acids is 1. The molecule has 1 N–H and O–H groups in total. The van der Waals surface area contributed by atoms with Crippen LogP contribution < -0.4 is 0 Å². The van der Waals surface area contributed by atoms with Gasteiger partial charge in [0.05, 0.1) is 19.0 Å². The fourth-order valence-corrected chi connectivity index (χ4v) is 5.82. The van der Waals surface area contributed by atoms with Crippen LogP contribution in [0, 0.1) is 25.7 Å². The number of hydrogen-bond donors (Lipinski definition) is 1. The van der Waals surface area contributed by atoms with Gasteiger partial charge in [-0.15, -0.1) is 0 Å². The molecule has 3 atom stereocenters. The van der Waals surface area contributed by atoms with Gasteiger partial charge < -0.3 is 14.3 Å². The summed E-state index contributed by atoms with van der Waals surface area (Å²) in [5.41, 5.74) is 2.83. The van der Waals surface area contributed by atoms with Gasteiger partial charge in [0.1, 0.15) is 17.5 Å². The van der Waals surface area contributed by atoms with E-state index in [1.165, 1.54) is 5.56 Å². The van der Waals surface area contributed by atoms with Gasteiger partial charge in [0.15, 0.2) is 0 Å². The second-order valence-electron chi connectivity index (χ2n) is 9.71. The van der Waals surface area contributed by atoms with Crippen molar-refractivity contribution in [3.8, 4) is 11.5 Å².